The summed E-state index contributed by atoms with van der Waals surface area (Å²) in [5.74, 6) is 0. The van der Waals surface area contributed by atoms with Crippen molar-refractivity contribution in [2.24, 2.45) is 0 Å². The average Bonchev–Trinajstić information content (AvgIpc) is 2.66. The first-order valence-electron chi connectivity index (χ1n) is 6.02. The standard InChI is InChI=1S/C12H15IN4O/c1-8-7-10(16-3-5-18-6-4-16)12-14-9(2)11(13)17(12)15-8/h7H,3-6H2,1-2H3. The van der Waals surface area contributed by atoms with E-state index >= 15 is 0 Å². The Morgan fingerprint density at radius 2 is 2.00 bits per heavy atom. The molecule has 6 heteroatoms. The van der Waals surface area contributed by atoms with E-state index < -0.39 is 0 Å². The minimum Gasteiger partial charge on any atom is -0.378 e. The van der Waals surface area contributed by atoms with Crippen molar-refractivity contribution in [3.8, 4) is 0 Å². The summed E-state index contributed by atoms with van der Waals surface area (Å²) in [6, 6.07) is 2.11. The van der Waals surface area contributed by atoms with Crippen LogP contribution in [-0.2, 0) is 4.74 Å². The molecule has 1 fully saturated rings. The molecule has 0 aliphatic carbocycles. The third-order valence-corrected chi connectivity index (χ3v) is 4.38. The second-order valence-electron chi connectivity index (χ2n) is 4.49. The molecule has 0 saturated carbocycles. The van der Waals surface area contributed by atoms with Crippen LogP contribution in [-0.4, -0.2) is 40.9 Å². The van der Waals surface area contributed by atoms with E-state index in [2.05, 4.69) is 43.6 Å². The summed E-state index contributed by atoms with van der Waals surface area (Å²) < 4.78 is 8.43. The van der Waals surface area contributed by atoms with Gasteiger partial charge in [0.1, 0.15) is 3.70 Å². The lowest BCUT2D eigenvalue weighted by atomic mass is 10.3. The van der Waals surface area contributed by atoms with E-state index in [1.165, 1.54) is 0 Å². The molecule has 2 aromatic heterocycles. The molecule has 0 unspecified atom stereocenters. The van der Waals surface area contributed by atoms with Crippen molar-refractivity contribution in [2.75, 3.05) is 31.2 Å². The molecule has 0 N–H and O–H groups in total. The second-order valence-corrected chi connectivity index (χ2v) is 5.52. The molecule has 0 amide bonds. The van der Waals surface area contributed by atoms with Gasteiger partial charge < -0.3 is 9.64 Å². The van der Waals surface area contributed by atoms with Gasteiger partial charge in [0, 0.05) is 13.1 Å². The summed E-state index contributed by atoms with van der Waals surface area (Å²) in [5.41, 5.74) is 4.16. The van der Waals surface area contributed by atoms with Crippen molar-refractivity contribution in [3.05, 3.63) is 21.2 Å². The molecule has 0 bridgehead atoms. The number of aryl methyl sites for hydroxylation is 2. The van der Waals surface area contributed by atoms with Gasteiger partial charge in [-0.3, -0.25) is 0 Å². The number of morpholine rings is 1. The average molecular weight is 358 g/mol. The van der Waals surface area contributed by atoms with Crippen LogP contribution in [0.25, 0.3) is 5.65 Å². The van der Waals surface area contributed by atoms with Crippen LogP contribution in [0.3, 0.4) is 0 Å². The highest BCUT2D eigenvalue weighted by molar-refractivity contribution is 14.1. The number of fused-ring (bicyclic) bond motifs is 1. The maximum Gasteiger partial charge on any atom is 0.178 e. The number of hydrogen-bond acceptors (Lipinski definition) is 4. The van der Waals surface area contributed by atoms with Gasteiger partial charge in [-0.25, -0.2) is 9.50 Å². The van der Waals surface area contributed by atoms with Gasteiger partial charge in [0.2, 0.25) is 0 Å². The largest absolute Gasteiger partial charge is 0.378 e. The summed E-state index contributed by atoms with van der Waals surface area (Å²) in [5, 5.41) is 4.54. The smallest absolute Gasteiger partial charge is 0.178 e. The Morgan fingerprint density at radius 3 is 2.72 bits per heavy atom. The Bertz CT molecular complexity index is 589. The number of ether oxygens (including phenoxy) is 1. The molecule has 0 spiro atoms. The zero-order chi connectivity index (χ0) is 12.7. The molecule has 1 saturated heterocycles. The third-order valence-electron chi connectivity index (χ3n) is 3.14. The van der Waals surface area contributed by atoms with Crippen molar-refractivity contribution in [1.29, 1.82) is 0 Å². The fourth-order valence-electron chi connectivity index (χ4n) is 2.24. The normalized spacial score (nSPS) is 16.5. The predicted octanol–water partition coefficient (Wildman–Crippen LogP) is 1.79. The summed E-state index contributed by atoms with van der Waals surface area (Å²) in [7, 11) is 0. The van der Waals surface area contributed by atoms with E-state index in [1.807, 2.05) is 18.4 Å². The Labute approximate surface area is 119 Å². The molecule has 18 heavy (non-hydrogen) atoms. The Kier molecular flexibility index (Phi) is 3.14. The van der Waals surface area contributed by atoms with Crippen molar-refractivity contribution < 1.29 is 4.74 Å². The first kappa shape index (κ1) is 12.2. The van der Waals surface area contributed by atoms with E-state index in [-0.39, 0.29) is 0 Å². The van der Waals surface area contributed by atoms with Crippen LogP contribution in [0.5, 0.6) is 0 Å². The maximum atomic E-state index is 5.41. The van der Waals surface area contributed by atoms with Gasteiger partial charge in [-0.05, 0) is 42.5 Å². The quantitative estimate of drug-likeness (QED) is 0.729. The molecule has 1 aliphatic rings. The summed E-state index contributed by atoms with van der Waals surface area (Å²) in [6.45, 7) is 7.45. The highest BCUT2D eigenvalue weighted by Crippen LogP contribution is 2.25. The highest BCUT2D eigenvalue weighted by Gasteiger charge is 2.18. The van der Waals surface area contributed by atoms with Crippen LogP contribution >= 0.6 is 22.6 Å². The Hall–Kier alpha value is -0.890. The molecule has 96 valence electrons. The maximum absolute atomic E-state index is 5.41. The van der Waals surface area contributed by atoms with Crippen LogP contribution in [0, 0.1) is 17.5 Å². The molecule has 0 aromatic carbocycles. The lowest BCUT2D eigenvalue weighted by molar-refractivity contribution is 0.123. The minimum atomic E-state index is 0.782. The number of aromatic nitrogens is 3. The molecule has 0 atom stereocenters. The van der Waals surface area contributed by atoms with Gasteiger partial charge >= 0.3 is 0 Å². The van der Waals surface area contributed by atoms with Gasteiger partial charge in [0.05, 0.1) is 30.3 Å². The van der Waals surface area contributed by atoms with Crippen molar-refractivity contribution >= 4 is 33.9 Å². The number of anilines is 1. The molecular weight excluding hydrogens is 343 g/mol. The van der Waals surface area contributed by atoms with Crippen molar-refractivity contribution in [2.45, 2.75) is 13.8 Å². The first-order chi connectivity index (χ1) is 8.66. The first-order valence-corrected chi connectivity index (χ1v) is 7.10. The zero-order valence-electron chi connectivity index (χ0n) is 10.5. The monoisotopic (exact) mass is 358 g/mol. The number of imidazole rings is 1. The van der Waals surface area contributed by atoms with E-state index in [4.69, 9.17) is 4.74 Å². The number of hydrogen-bond donors (Lipinski definition) is 0. The highest BCUT2D eigenvalue weighted by atomic mass is 127. The molecule has 1 aliphatic heterocycles. The Morgan fingerprint density at radius 1 is 1.28 bits per heavy atom. The van der Waals surface area contributed by atoms with E-state index in [0.29, 0.717) is 0 Å². The van der Waals surface area contributed by atoms with Crippen LogP contribution in [0.1, 0.15) is 11.4 Å². The van der Waals surface area contributed by atoms with Gasteiger partial charge in [0.25, 0.3) is 0 Å². The van der Waals surface area contributed by atoms with E-state index in [9.17, 15) is 0 Å². The van der Waals surface area contributed by atoms with Crippen molar-refractivity contribution in [3.63, 3.8) is 0 Å². The molecule has 3 heterocycles. The summed E-state index contributed by atoms with van der Waals surface area (Å²) in [4.78, 5) is 6.97. The van der Waals surface area contributed by atoms with Gasteiger partial charge in [-0.15, -0.1) is 0 Å². The SMILES string of the molecule is Cc1cc(N2CCOCC2)c2nc(C)c(I)n2n1. The number of rotatable bonds is 1. The minimum absolute atomic E-state index is 0.782. The lowest BCUT2D eigenvalue weighted by Crippen LogP contribution is -2.36. The molecular formula is C12H15IN4O. The Balaban J connectivity index is 2.17. The molecule has 2 aromatic rings. The van der Waals surface area contributed by atoms with Crippen LogP contribution in [0.15, 0.2) is 6.07 Å². The van der Waals surface area contributed by atoms with Gasteiger partial charge in [0.15, 0.2) is 5.65 Å². The van der Waals surface area contributed by atoms with Crippen molar-refractivity contribution in [1.82, 2.24) is 14.6 Å². The van der Waals surface area contributed by atoms with Crippen LogP contribution in [0.2, 0.25) is 0 Å². The van der Waals surface area contributed by atoms with Gasteiger partial charge in [-0.2, -0.15) is 5.10 Å². The number of nitrogens with zero attached hydrogens (tertiary/aromatic N) is 4. The molecule has 3 rings (SSSR count). The van der Waals surface area contributed by atoms with E-state index in [1.54, 1.807) is 0 Å². The molecule has 5 nitrogen and oxygen atoms in total. The summed E-state index contributed by atoms with van der Waals surface area (Å²) in [6.07, 6.45) is 0. The zero-order valence-corrected chi connectivity index (χ0v) is 12.6. The van der Waals surface area contributed by atoms with Gasteiger partial charge in [-0.1, -0.05) is 0 Å². The van der Waals surface area contributed by atoms with E-state index in [0.717, 1.165) is 52.7 Å². The molecule has 0 radical (unpaired) electrons. The summed E-state index contributed by atoms with van der Waals surface area (Å²) >= 11 is 2.30. The topological polar surface area (TPSA) is 42.7 Å². The fourth-order valence-corrected chi connectivity index (χ4v) is 2.70. The van der Waals surface area contributed by atoms with Crippen LogP contribution < -0.4 is 4.90 Å². The number of halogens is 1. The van der Waals surface area contributed by atoms with Crippen LogP contribution in [0.4, 0.5) is 5.69 Å². The second kappa shape index (κ2) is 4.65. The lowest BCUT2D eigenvalue weighted by Gasteiger charge is -2.29. The fraction of sp³-hybridized carbons (Fsp3) is 0.500. The third kappa shape index (κ3) is 1.97. The predicted molar refractivity (Wildman–Crippen MR) is 78.2 cm³/mol.